The summed E-state index contributed by atoms with van der Waals surface area (Å²) in [6.45, 7) is 28.2. The summed E-state index contributed by atoms with van der Waals surface area (Å²) in [6, 6.07) is 13.9. The molecule has 0 spiro atoms. The number of hydrogen-bond acceptors (Lipinski definition) is 2. The van der Waals surface area contributed by atoms with Crippen LogP contribution in [0.15, 0.2) is 46.2 Å². The summed E-state index contributed by atoms with van der Waals surface area (Å²) in [5, 5.41) is 0. The molecular formula is C29H45BiS2. The van der Waals surface area contributed by atoms with Crippen LogP contribution in [-0.2, 0) is 21.7 Å². The van der Waals surface area contributed by atoms with E-state index in [1.54, 1.807) is 0 Å². The van der Waals surface area contributed by atoms with E-state index in [0.29, 0.717) is 2.29 Å². The van der Waals surface area contributed by atoms with E-state index in [-0.39, 0.29) is 21.7 Å². The van der Waals surface area contributed by atoms with Crippen molar-refractivity contribution in [1.82, 2.24) is 0 Å². The second kappa shape index (κ2) is 9.95. The molecule has 0 fully saturated rings. The third-order valence-electron chi connectivity index (χ3n) is 5.73. The molecule has 0 atom stereocenters. The fourth-order valence-corrected chi connectivity index (χ4v) is 10.4. The molecule has 0 unspecified atom stereocenters. The van der Waals surface area contributed by atoms with E-state index in [4.69, 9.17) is 0 Å². The van der Waals surface area contributed by atoms with Gasteiger partial charge >= 0.3 is 224 Å². The summed E-state index contributed by atoms with van der Waals surface area (Å²) in [6.07, 6.45) is 0. The predicted octanol–water partition coefficient (Wildman–Crippen LogP) is 8.68. The quantitative estimate of drug-likeness (QED) is 0.182. The molecule has 2 aromatic rings. The van der Waals surface area contributed by atoms with E-state index in [2.05, 4.69) is 143 Å². The van der Waals surface area contributed by atoms with Crippen molar-refractivity contribution in [3.63, 3.8) is 0 Å². The minimum absolute atomic E-state index is 0.137. The van der Waals surface area contributed by atoms with Gasteiger partial charge in [-0.05, 0) is 0 Å². The van der Waals surface area contributed by atoms with Crippen LogP contribution in [-0.4, -0.2) is 27.0 Å². The van der Waals surface area contributed by atoms with Gasteiger partial charge < -0.3 is 0 Å². The molecule has 32 heavy (non-hydrogen) atoms. The van der Waals surface area contributed by atoms with Crippen LogP contribution in [0.1, 0.15) is 105 Å². The minimum atomic E-state index is 0.137. The number of benzene rings is 2. The Labute approximate surface area is 222 Å². The van der Waals surface area contributed by atoms with E-state index >= 15 is 0 Å². The second-order valence-electron chi connectivity index (χ2n) is 13.0. The van der Waals surface area contributed by atoms with Gasteiger partial charge in [0.1, 0.15) is 0 Å². The summed E-state index contributed by atoms with van der Waals surface area (Å²) < 4.78 is 0.573. The van der Waals surface area contributed by atoms with Gasteiger partial charge in [-0.15, -0.1) is 0 Å². The van der Waals surface area contributed by atoms with Crippen molar-refractivity contribution >= 4 is 48.2 Å². The van der Waals surface area contributed by atoms with Crippen LogP contribution in [0, 0.1) is 0 Å². The molecule has 0 N–H and O–H groups in total. The van der Waals surface area contributed by atoms with E-state index in [1.165, 1.54) is 32.0 Å². The van der Waals surface area contributed by atoms with Crippen LogP contribution in [0.25, 0.3) is 0 Å². The fourth-order valence-electron chi connectivity index (χ4n) is 3.95. The van der Waals surface area contributed by atoms with Crippen LogP contribution in [0.3, 0.4) is 0 Å². The third-order valence-corrected chi connectivity index (χ3v) is 11.3. The Balaban J connectivity index is 2.57. The SMILES string of the molecule is CC(C)(C)c1cccc(C(C)(C)C)c1S[CH]([BiH2])Sc1c(C(C)(C)C)cccc1C(C)(C)C. The predicted molar refractivity (Wildman–Crippen MR) is 152 cm³/mol. The van der Waals surface area contributed by atoms with E-state index < -0.39 is 0 Å². The third kappa shape index (κ3) is 7.02. The van der Waals surface area contributed by atoms with Gasteiger partial charge in [-0.2, -0.15) is 0 Å². The summed E-state index contributed by atoms with van der Waals surface area (Å²) >= 11 is 5.11. The molecule has 178 valence electrons. The molecule has 0 aromatic heterocycles. The first-order valence-electron chi connectivity index (χ1n) is 11.7. The first kappa shape index (κ1) is 28.3. The normalized spacial score (nSPS) is 13.7. The number of rotatable bonds is 4. The van der Waals surface area contributed by atoms with E-state index in [0.717, 1.165) is 24.7 Å². The molecule has 0 saturated heterocycles. The van der Waals surface area contributed by atoms with Crippen molar-refractivity contribution in [1.29, 1.82) is 0 Å². The Bertz CT molecular complexity index is 790. The number of thioether (sulfide) groups is 2. The molecule has 0 aliphatic heterocycles. The van der Waals surface area contributed by atoms with Crippen molar-refractivity contribution in [2.45, 2.75) is 117 Å². The van der Waals surface area contributed by atoms with Gasteiger partial charge in [0.15, 0.2) is 0 Å². The fraction of sp³-hybridized carbons (Fsp3) is 0.586. The Morgan fingerprint density at radius 1 is 0.500 bits per heavy atom. The zero-order chi connectivity index (χ0) is 24.7. The van der Waals surface area contributed by atoms with Gasteiger partial charge in [0.2, 0.25) is 0 Å². The molecule has 0 aliphatic rings. The van der Waals surface area contributed by atoms with Crippen molar-refractivity contribution < 1.29 is 0 Å². The Kier molecular flexibility index (Phi) is 8.78. The van der Waals surface area contributed by atoms with Crippen molar-refractivity contribution in [3.8, 4) is 0 Å². The molecule has 0 amide bonds. The maximum atomic E-state index is 2.35. The van der Waals surface area contributed by atoms with Gasteiger partial charge in [0.05, 0.1) is 0 Å². The summed E-state index contributed by atoms with van der Waals surface area (Å²) in [7, 11) is 0. The maximum absolute atomic E-state index is 2.35. The zero-order valence-electron chi connectivity index (χ0n) is 22.4. The monoisotopic (exact) mass is 666 g/mol. The second-order valence-corrected chi connectivity index (χ2v) is 21.9. The van der Waals surface area contributed by atoms with Crippen molar-refractivity contribution in [2.24, 2.45) is 0 Å². The van der Waals surface area contributed by atoms with Gasteiger partial charge in [-0.3, -0.25) is 0 Å². The van der Waals surface area contributed by atoms with Gasteiger partial charge in [0, 0.05) is 0 Å². The van der Waals surface area contributed by atoms with Gasteiger partial charge in [-0.1, -0.05) is 0 Å². The molecule has 0 radical (unpaired) electrons. The van der Waals surface area contributed by atoms with Crippen LogP contribution in [0.5, 0.6) is 0 Å². The topological polar surface area (TPSA) is 0 Å². The molecule has 0 bridgehead atoms. The first-order chi connectivity index (χ1) is 14.3. The first-order valence-corrected chi connectivity index (χ1v) is 16.1. The standard InChI is InChI=1S/C29H43S2.Bi.2H/c1-26(2,3)20-15-13-16-21(27(4,5)6)24(20)30-19-31-25-22(28(7,8)9)17-14-18-23(25)29(10,11)12;;;/h13-19H,1-12H3;;;. The molecule has 2 aromatic carbocycles. The molecule has 0 nitrogen and oxygen atoms in total. The summed E-state index contributed by atoms with van der Waals surface area (Å²) in [5.41, 5.74) is 6.50. The average molecular weight is 667 g/mol. The zero-order valence-corrected chi connectivity index (χ0v) is 28.6. The van der Waals surface area contributed by atoms with Gasteiger partial charge in [-0.25, -0.2) is 0 Å². The molecule has 0 heterocycles. The molecular weight excluding hydrogens is 621 g/mol. The van der Waals surface area contributed by atoms with Crippen LogP contribution < -0.4 is 0 Å². The van der Waals surface area contributed by atoms with Crippen molar-refractivity contribution in [2.75, 3.05) is 0 Å². The Morgan fingerprint density at radius 2 is 0.719 bits per heavy atom. The molecule has 3 heteroatoms. The summed E-state index contributed by atoms with van der Waals surface area (Å²) in [5.74, 6) is 0. The Hall–Kier alpha value is 0.0231. The summed E-state index contributed by atoms with van der Waals surface area (Å²) in [4.78, 5) is 3.02. The van der Waals surface area contributed by atoms with Crippen LogP contribution in [0.4, 0.5) is 0 Å². The van der Waals surface area contributed by atoms with Gasteiger partial charge in [0.25, 0.3) is 0 Å². The van der Waals surface area contributed by atoms with E-state index in [9.17, 15) is 0 Å². The Morgan fingerprint density at radius 3 is 0.906 bits per heavy atom. The van der Waals surface area contributed by atoms with E-state index in [1.807, 2.05) is 0 Å². The van der Waals surface area contributed by atoms with Crippen LogP contribution >= 0.6 is 23.5 Å². The average Bonchev–Trinajstić information content (AvgIpc) is 2.58. The molecule has 0 aliphatic carbocycles. The van der Waals surface area contributed by atoms with Crippen molar-refractivity contribution in [3.05, 3.63) is 58.7 Å². The number of hydrogen-bond donors (Lipinski definition) is 0. The molecule has 2 rings (SSSR count). The van der Waals surface area contributed by atoms with Crippen LogP contribution in [0.2, 0.25) is 0 Å². The molecule has 0 saturated carbocycles.